The number of anilines is 1. The van der Waals surface area contributed by atoms with Crippen LogP contribution in [-0.4, -0.2) is 43.0 Å². The standard InChI is InChI=1S/C22H24N2O4/c25-21(15-16-8-9-19-20(14-16)28-13-12-27-19)23-18-7-3-2-6-17(18)22(26)24-10-4-1-5-11-24/h2-3,6-9,14H,1,4-5,10-13,15H2,(H,23,25). The van der Waals surface area contributed by atoms with E-state index in [0.29, 0.717) is 36.0 Å². The van der Waals surface area contributed by atoms with Crippen LogP contribution < -0.4 is 14.8 Å². The first kappa shape index (κ1) is 18.3. The van der Waals surface area contributed by atoms with Gasteiger partial charge in [-0.3, -0.25) is 9.59 Å². The largest absolute Gasteiger partial charge is 0.486 e. The van der Waals surface area contributed by atoms with Gasteiger partial charge in [0, 0.05) is 13.1 Å². The van der Waals surface area contributed by atoms with E-state index in [-0.39, 0.29) is 18.2 Å². The number of hydrogen-bond donors (Lipinski definition) is 1. The highest BCUT2D eigenvalue weighted by Crippen LogP contribution is 2.31. The monoisotopic (exact) mass is 380 g/mol. The van der Waals surface area contributed by atoms with E-state index in [0.717, 1.165) is 37.9 Å². The Morgan fingerprint density at radius 3 is 2.50 bits per heavy atom. The highest BCUT2D eigenvalue weighted by molar-refractivity contribution is 6.04. The van der Waals surface area contributed by atoms with E-state index in [1.54, 1.807) is 12.1 Å². The van der Waals surface area contributed by atoms with Crippen molar-refractivity contribution in [1.29, 1.82) is 0 Å². The number of fused-ring (bicyclic) bond motifs is 1. The van der Waals surface area contributed by atoms with Crippen LogP contribution in [0.25, 0.3) is 0 Å². The summed E-state index contributed by atoms with van der Waals surface area (Å²) in [4.78, 5) is 27.3. The van der Waals surface area contributed by atoms with E-state index in [1.165, 1.54) is 0 Å². The lowest BCUT2D eigenvalue weighted by Gasteiger charge is -2.27. The van der Waals surface area contributed by atoms with Crippen molar-refractivity contribution < 1.29 is 19.1 Å². The molecule has 0 saturated carbocycles. The van der Waals surface area contributed by atoms with Crippen molar-refractivity contribution in [3.05, 3.63) is 53.6 Å². The highest BCUT2D eigenvalue weighted by atomic mass is 16.6. The molecule has 0 unspecified atom stereocenters. The van der Waals surface area contributed by atoms with Crippen LogP contribution in [0, 0.1) is 0 Å². The molecule has 0 aromatic heterocycles. The van der Waals surface area contributed by atoms with E-state index in [4.69, 9.17) is 9.47 Å². The molecule has 0 radical (unpaired) electrons. The zero-order chi connectivity index (χ0) is 19.3. The normalized spacial score (nSPS) is 15.8. The summed E-state index contributed by atoms with van der Waals surface area (Å²) >= 11 is 0. The van der Waals surface area contributed by atoms with Crippen LogP contribution in [-0.2, 0) is 11.2 Å². The fraction of sp³-hybridized carbons (Fsp3) is 0.364. The van der Waals surface area contributed by atoms with Gasteiger partial charge < -0.3 is 19.7 Å². The number of benzene rings is 2. The summed E-state index contributed by atoms with van der Waals surface area (Å²) in [5, 5.41) is 2.90. The van der Waals surface area contributed by atoms with Crippen LogP contribution in [0.2, 0.25) is 0 Å². The molecule has 1 fully saturated rings. The van der Waals surface area contributed by atoms with Gasteiger partial charge in [0.25, 0.3) is 5.91 Å². The van der Waals surface area contributed by atoms with Gasteiger partial charge in [-0.2, -0.15) is 0 Å². The SMILES string of the molecule is O=C(Cc1ccc2c(c1)OCCO2)Nc1ccccc1C(=O)N1CCCCC1. The van der Waals surface area contributed by atoms with Crippen molar-refractivity contribution in [3.8, 4) is 11.5 Å². The minimum Gasteiger partial charge on any atom is -0.486 e. The summed E-state index contributed by atoms with van der Waals surface area (Å²) in [6, 6.07) is 12.7. The lowest BCUT2D eigenvalue weighted by Crippen LogP contribution is -2.36. The molecule has 28 heavy (non-hydrogen) atoms. The number of ether oxygens (including phenoxy) is 2. The highest BCUT2D eigenvalue weighted by Gasteiger charge is 2.21. The topological polar surface area (TPSA) is 67.9 Å². The van der Waals surface area contributed by atoms with Crippen LogP contribution in [0.15, 0.2) is 42.5 Å². The molecule has 2 amide bonds. The molecule has 4 rings (SSSR count). The summed E-state index contributed by atoms with van der Waals surface area (Å²) in [5.41, 5.74) is 1.93. The van der Waals surface area contributed by atoms with Gasteiger partial charge >= 0.3 is 0 Å². The lowest BCUT2D eigenvalue weighted by molar-refractivity contribution is -0.115. The van der Waals surface area contributed by atoms with Gasteiger partial charge in [0.2, 0.25) is 5.91 Å². The number of carbonyl (C=O) groups is 2. The molecule has 2 heterocycles. The second kappa shape index (κ2) is 8.33. The van der Waals surface area contributed by atoms with Crippen LogP contribution in [0.4, 0.5) is 5.69 Å². The van der Waals surface area contributed by atoms with Crippen molar-refractivity contribution >= 4 is 17.5 Å². The maximum atomic E-state index is 12.9. The number of piperidine rings is 1. The smallest absolute Gasteiger partial charge is 0.255 e. The van der Waals surface area contributed by atoms with E-state index in [1.807, 2.05) is 35.2 Å². The number of nitrogens with one attached hydrogen (secondary N) is 1. The third-order valence-corrected chi connectivity index (χ3v) is 5.05. The number of hydrogen-bond acceptors (Lipinski definition) is 4. The molecule has 1 saturated heterocycles. The van der Waals surface area contributed by atoms with Crippen molar-refractivity contribution in [2.75, 3.05) is 31.6 Å². The predicted octanol–water partition coefficient (Wildman–Crippen LogP) is 3.27. The molecule has 1 N–H and O–H groups in total. The summed E-state index contributed by atoms with van der Waals surface area (Å²) in [5.74, 6) is 1.18. The molecule has 2 aromatic rings. The van der Waals surface area contributed by atoms with Crippen LogP contribution in [0.1, 0.15) is 35.2 Å². The molecule has 146 valence electrons. The van der Waals surface area contributed by atoms with E-state index in [9.17, 15) is 9.59 Å². The molecular formula is C22H24N2O4. The number of rotatable bonds is 4. The third-order valence-electron chi connectivity index (χ3n) is 5.05. The molecule has 6 heteroatoms. The maximum Gasteiger partial charge on any atom is 0.255 e. The fourth-order valence-corrected chi connectivity index (χ4v) is 3.62. The predicted molar refractivity (Wildman–Crippen MR) is 106 cm³/mol. The van der Waals surface area contributed by atoms with Gasteiger partial charge in [-0.15, -0.1) is 0 Å². The Labute approximate surface area is 164 Å². The third kappa shape index (κ3) is 4.11. The number of amides is 2. The second-order valence-corrected chi connectivity index (χ2v) is 7.10. The number of nitrogens with zero attached hydrogens (tertiary/aromatic N) is 1. The van der Waals surface area contributed by atoms with Crippen molar-refractivity contribution in [2.24, 2.45) is 0 Å². The minimum absolute atomic E-state index is 0.0186. The Hall–Kier alpha value is -3.02. The number of likely N-dealkylation sites (tertiary alicyclic amines) is 1. The Morgan fingerprint density at radius 2 is 1.68 bits per heavy atom. The Bertz CT molecular complexity index is 875. The first-order valence-electron chi connectivity index (χ1n) is 9.77. The lowest BCUT2D eigenvalue weighted by atomic mass is 10.1. The zero-order valence-corrected chi connectivity index (χ0v) is 15.8. The molecule has 2 aliphatic heterocycles. The molecule has 0 spiro atoms. The molecule has 0 atom stereocenters. The summed E-state index contributed by atoms with van der Waals surface area (Å²) in [6.07, 6.45) is 3.43. The summed E-state index contributed by atoms with van der Waals surface area (Å²) in [7, 11) is 0. The quantitative estimate of drug-likeness (QED) is 0.884. The molecule has 6 nitrogen and oxygen atoms in total. The molecule has 2 aromatic carbocycles. The average Bonchev–Trinajstić information content (AvgIpc) is 2.74. The first-order chi connectivity index (χ1) is 13.7. The molecule has 0 bridgehead atoms. The summed E-state index contributed by atoms with van der Waals surface area (Å²) in [6.45, 7) is 2.60. The van der Waals surface area contributed by atoms with Crippen molar-refractivity contribution in [3.63, 3.8) is 0 Å². The van der Waals surface area contributed by atoms with Gasteiger partial charge in [0.05, 0.1) is 17.7 Å². The van der Waals surface area contributed by atoms with Gasteiger partial charge in [0.1, 0.15) is 13.2 Å². The Kier molecular flexibility index (Phi) is 5.46. The Balaban J connectivity index is 1.45. The van der Waals surface area contributed by atoms with Gasteiger partial charge in [-0.25, -0.2) is 0 Å². The van der Waals surface area contributed by atoms with Gasteiger partial charge in [-0.05, 0) is 49.1 Å². The molecule has 2 aliphatic rings. The molecular weight excluding hydrogens is 356 g/mol. The first-order valence-corrected chi connectivity index (χ1v) is 9.77. The van der Waals surface area contributed by atoms with Gasteiger partial charge in [0.15, 0.2) is 11.5 Å². The van der Waals surface area contributed by atoms with Crippen LogP contribution in [0.3, 0.4) is 0 Å². The van der Waals surface area contributed by atoms with Gasteiger partial charge in [-0.1, -0.05) is 18.2 Å². The van der Waals surface area contributed by atoms with Crippen LogP contribution >= 0.6 is 0 Å². The number of para-hydroxylation sites is 1. The van der Waals surface area contributed by atoms with Crippen molar-refractivity contribution in [2.45, 2.75) is 25.7 Å². The Morgan fingerprint density at radius 1 is 0.929 bits per heavy atom. The van der Waals surface area contributed by atoms with E-state index >= 15 is 0 Å². The van der Waals surface area contributed by atoms with Crippen LogP contribution in [0.5, 0.6) is 11.5 Å². The van der Waals surface area contributed by atoms with Crippen molar-refractivity contribution in [1.82, 2.24) is 4.90 Å². The maximum absolute atomic E-state index is 12.9. The zero-order valence-electron chi connectivity index (χ0n) is 15.8. The summed E-state index contributed by atoms with van der Waals surface area (Å²) < 4.78 is 11.1. The average molecular weight is 380 g/mol. The molecule has 0 aliphatic carbocycles. The second-order valence-electron chi connectivity index (χ2n) is 7.10. The number of carbonyl (C=O) groups excluding carboxylic acids is 2. The minimum atomic E-state index is -0.171. The van der Waals surface area contributed by atoms with E-state index in [2.05, 4.69) is 5.32 Å². The van der Waals surface area contributed by atoms with E-state index < -0.39 is 0 Å². The fourth-order valence-electron chi connectivity index (χ4n) is 3.62.